The molecule has 1 aliphatic rings. The van der Waals surface area contributed by atoms with Gasteiger partial charge in [-0.2, -0.15) is 0 Å². The van der Waals surface area contributed by atoms with Crippen molar-refractivity contribution in [2.24, 2.45) is 0 Å². The van der Waals surface area contributed by atoms with Crippen molar-refractivity contribution in [3.8, 4) is 0 Å². The molecule has 0 unspecified atom stereocenters. The molecule has 0 saturated heterocycles. The zero-order valence-corrected chi connectivity index (χ0v) is 14.4. The van der Waals surface area contributed by atoms with Crippen LogP contribution in [-0.4, -0.2) is 21.7 Å². The minimum atomic E-state index is -0.440. The van der Waals surface area contributed by atoms with E-state index in [4.69, 9.17) is 0 Å². The second-order valence-electron chi connectivity index (χ2n) is 6.33. The van der Waals surface area contributed by atoms with Crippen molar-refractivity contribution in [1.82, 2.24) is 9.88 Å². The second kappa shape index (κ2) is 6.99. The normalized spacial score (nSPS) is 12.8. The number of hydrogen-bond donors (Lipinski definition) is 1. The first-order valence-corrected chi connectivity index (χ1v) is 8.49. The summed E-state index contributed by atoms with van der Waals surface area (Å²) in [7, 11) is 0. The average Bonchev–Trinajstić information content (AvgIpc) is 2.98. The summed E-state index contributed by atoms with van der Waals surface area (Å²) in [6, 6.07) is 14.6. The van der Waals surface area contributed by atoms with E-state index in [9.17, 15) is 14.0 Å². The SMILES string of the molecule is O=C(Nc1cccc(F)c1)c1cccc2c1C(=O)N(Cc1cccnc1)C2. The monoisotopic (exact) mass is 361 g/mol. The van der Waals surface area contributed by atoms with Gasteiger partial charge in [-0.05, 0) is 41.5 Å². The van der Waals surface area contributed by atoms with E-state index in [0.717, 1.165) is 11.1 Å². The number of aromatic nitrogens is 1. The summed E-state index contributed by atoms with van der Waals surface area (Å²) < 4.78 is 13.3. The number of anilines is 1. The van der Waals surface area contributed by atoms with E-state index < -0.39 is 11.7 Å². The number of rotatable bonds is 4. The molecule has 0 aliphatic carbocycles. The maximum Gasteiger partial charge on any atom is 0.256 e. The van der Waals surface area contributed by atoms with Gasteiger partial charge in [-0.1, -0.05) is 24.3 Å². The smallest absolute Gasteiger partial charge is 0.256 e. The maximum atomic E-state index is 13.3. The van der Waals surface area contributed by atoms with Gasteiger partial charge in [0, 0.05) is 31.2 Å². The minimum absolute atomic E-state index is 0.196. The summed E-state index contributed by atoms with van der Waals surface area (Å²) in [4.78, 5) is 31.3. The number of fused-ring (bicyclic) bond motifs is 1. The summed E-state index contributed by atoms with van der Waals surface area (Å²) in [5, 5.41) is 2.65. The van der Waals surface area contributed by atoms with Crippen molar-refractivity contribution >= 4 is 17.5 Å². The van der Waals surface area contributed by atoms with Gasteiger partial charge in [0.05, 0.1) is 11.1 Å². The largest absolute Gasteiger partial charge is 0.330 e. The van der Waals surface area contributed by atoms with Crippen LogP contribution in [0.4, 0.5) is 10.1 Å². The van der Waals surface area contributed by atoms with Crippen LogP contribution in [0.1, 0.15) is 31.8 Å². The van der Waals surface area contributed by atoms with Gasteiger partial charge >= 0.3 is 0 Å². The maximum absolute atomic E-state index is 13.3. The Morgan fingerprint density at radius 2 is 2.00 bits per heavy atom. The molecule has 3 aromatic rings. The molecule has 0 spiro atoms. The Morgan fingerprint density at radius 1 is 1.15 bits per heavy atom. The van der Waals surface area contributed by atoms with Crippen molar-refractivity contribution in [1.29, 1.82) is 0 Å². The van der Waals surface area contributed by atoms with Crippen LogP contribution in [0, 0.1) is 5.82 Å². The molecule has 2 amide bonds. The van der Waals surface area contributed by atoms with Crippen molar-refractivity contribution in [2.75, 3.05) is 5.32 Å². The first-order chi connectivity index (χ1) is 13.1. The highest BCUT2D eigenvalue weighted by atomic mass is 19.1. The van der Waals surface area contributed by atoms with Crippen LogP contribution in [0.25, 0.3) is 0 Å². The Bertz CT molecular complexity index is 1020. The molecule has 1 aromatic heterocycles. The third-order valence-corrected chi connectivity index (χ3v) is 4.44. The van der Waals surface area contributed by atoms with Crippen molar-refractivity contribution in [3.63, 3.8) is 0 Å². The lowest BCUT2D eigenvalue weighted by molar-refractivity contribution is 0.0763. The molecule has 5 nitrogen and oxygen atoms in total. The number of carbonyl (C=O) groups excluding carboxylic acids is 2. The minimum Gasteiger partial charge on any atom is -0.330 e. The number of benzene rings is 2. The van der Waals surface area contributed by atoms with Gasteiger partial charge in [0.1, 0.15) is 5.82 Å². The van der Waals surface area contributed by atoms with Gasteiger partial charge in [-0.3, -0.25) is 14.6 Å². The molecule has 0 radical (unpaired) electrons. The molecule has 0 atom stereocenters. The number of hydrogen-bond acceptors (Lipinski definition) is 3. The van der Waals surface area contributed by atoms with Gasteiger partial charge < -0.3 is 10.2 Å². The van der Waals surface area contributed by atoms with Crippen molar-refractivity contribution in [2.45, 2.75) is 13.1 Å². The van der Waals surface area contributed by atoms with Crippen LogP contribution in [0.2, 0.25) is 0 Å². The van der Waals surface area contributed by atoms with Crippen LogP contribution in [0.15, 0.2) is 67.0 Å². The fraction of sp³-hybridized carbons (Fsp3) is 0.0952. The predicted molar refractivity (Wildman–Crippen MR) is 98.6 cm³/mol. The van der Waals surface area contributed by atoms with Crippen LogP contribution in [-0.2, 0) is 13.1 Å². The molecule has 4 rings (SSSR count). The number of nitrogens with one attached hydrogen (secondary N) is 1. The molecular formula is C21H16FN3O2. The average molecular weight is 361 g/mol. The molecule has 2 heterocycles. The lowest BCUT2D eigenvalue weighted by Crippen LogP contribution is -2.25. The molecule has 0 saturated carbocycles. The number of nitrogens with zero attached hydrogens (tertiary/aromatic N) is 2. The molecule has 2 aromatic carbocycles. The number of halogens is 1. The highest BCUT2D eigenvalue weighted by molar-refractivity contribution is 6.13. The molecule has 27 heavy (non-hydrogen) atoms. The van der Waals surface area contributed by atoms with E-state index in [2.05, 4.69) is 10.3 Å². The van der Waals surface area contributed by atoms with Crippen LogP contribution < -0.4 is 5.32 Å². The Hall–Kier alpha value is -3.54. The van der Waals surface area contributed by atoms with Gasteiger partial charge in [0.2, 0.25) is 0 Å². The highest BCUT2D eigenvalue weighted by Gasteiger charge is 2.31. The lowest BCUT2D eigenvalue weighted by atomic mass is 10.0. The van der Waals surface area contributed by atoms with Crippen molar-refractivity contribution in [3.05, 3.63) is 95.1 Å². The van der Waals surface area contributed by atoms with Crippen molar-refractivity contribution < 1.29 is 14.0 Å². The Labute approximate surface area is 155 Å². The van der Waals surface area contributed by atoms with Crippen LogP contribution in [0.5, 0.6) is 0 Å². The molecule has 134 valence electrons. The molecule has 1 N–H and O–H groups in total. The lowest BCUT2D eigenvalue weighted by Gasteiger charge is -2.15. The van der Waals surface area contributed by atoms with E-state index in [1.54, 1.807) is 35.5 Å². The number of carbonyl (C=O) groups is 2. The fourth-order valence-electron chi connectivity index (χ4n) is 3.21. The van der Waals surface area contributed by atoms with Gasteiger partial charge in [0.25, 0.3) is 11.8 Å². The van der Waals surface area contributed by atoms with Gasteiger partial charge in [-0.15, -0.1) is 0 Å². The van der Waals surface area contributed by atoms with E-state index in [0.29, 0.717) is 24.3 Å². The molecule has 0 fully saturated rings. The molecular weight excluding hydrogens is 345 g/mol. The predicted octanol–water partition coefficient (Wildman–Crippen LogP) is 3.63. The number of amides is 2. The van der Waals surface area contributed by atoms with E-state index in [1.807, 2.05) is 18.2 Å². The van der Waals surface area contributed by atoms with Gasteiger partial charge in [-0.25, -0.2) is 4.39 Å². The van der Waals surface area contributed by atoms with Crippen LogP contribution >= 0.6 is 0 Å². The highest BCUT2D eigenvalue weighted by Crippen LogP contribution is 2.28. The molecule has 1 aliphatic heterocycles. The topological polar surface area (TPSA) is 62.3 Å². The quantitative estimate of drug-likeness (QED) is 0.772. The Morgan fingerprint density at radius 3 is 2.78 bits per heavy atom. The van der Waals surface area contributed by atoms with Gasteiger partial charge in [0.15, 0.2) is 0 Å². The Kier molecular flexibility index (Phi) is 4.38. The third kappa shape index (κ3) is 3.42. The first-order valence-electron chi connectivity index (χ1n) is 8.49. The number of pyridine rings is 1. The summed E-state index contributed by atoms with van der Waals surface area (Å²) in [6.45, 7) is 0.858. The zero-order chi connectivity index (χ0) is 18.8. The summed E-state index contributed by atoms with van der Waals surface area (Å²) in [6.07, 6.45) is 3.40. The van der Waals surface area contributed by atoms with Crippen LogP contribution in [0.3, 0.4) is 0 Å². The van der Waals surface area contributed by atoms with E-state index in [-0.39, 0.29) is 11.5 Å². The summed E-state index contributed by atoms with van der Waals surface area (Å²) >= 11 is 0. The zero-order valence-electron chi connectivity index (χ0n) is 14.4. The molecule has 0 bridgehead atoms. The summed E-state index contributed by atoms with van der Waals surface area (Å²) in [5.74, 6) is -1.07. The Balaban J connectivity index is 1.59. The fourth-order valence-corrected chi connectivity index (χ4v) is 3.21. The van der Waals surface area contributed by atoms with E-state index in [1.165, 1.54) is 18.2 Å². The van der Waals surface area contributed by atoms with E-state index >= 15 is 0 Å². The standard InChI is InChI=1S/C21H16FN3O2/c22-16-6-2-7-17(10-16)24-20(26)18-8-1-5-15-13-25(21(27)19(15)18)12-14-4-3-9-23-11-14/h1-11H,12-13H2,(H,24,26). The summed E-state index contributed by atoms with van der Waals surface area (Å²) in [5.41, 5.74) is 2.75. The first kappa shape index (κ1) is 16.9. The third-order valence-electron chi connectivity index (χ3n) is 4.44. The molecule has 6 heteroatoms. The second-order valence-corrected chi connectivity index (χ2v) is 6.33.